The zero-order valence-electron chi connectivity index (χ0n) is 14.6. The number of ketones is 1. The van der Waals surface area contributed by atoms with Crippen LogP contribution >= 0.6 is 0 Å². The molecule has 0 spiro atoms. The number of aromatic hydroxyl groups is 2. The van der Waals surface area contributed by atoms with Gasteiger partial charge in [0.05, 0.1) is 18.0 Å². The molecular formula is C20H20N2O5. The van der Waals surface area contributed by atoms with Crippen LogP contribution in [-0.4, -0.2) is 28.6 Å². The number of benzene rings is 2. The van der Waals surface area contributed by atoms with Crippen LogP contribution in [0.1, 0.15) is 52.9 Å². The largest absolute Gasteiger partial charge is 0.507 e. The van der Waals surface area contributed by atoms with E-state index in [0.29, 0.717) is 19.4 Å². The lowest BCUT2D eigenvalue weighted by atomic mass is 9.91. The molecule has 2 aromatic rings. The van der Waals surface area contributed by atoms with E-state index in [0.717, 1.165) is 5.56 Å². The number of Topliss-reactive ketones (excluding diaryl/α,β-unsaturated/α-hetero) is 1. The molecule has 0 saturated carbocycles. The third kappa shape index (κ3) is 3.16. The Morgan fingerprint density at radius 1 is 1.11 bits per heavy atom. The number of phenolic OH excluding ortho intramolecular Hbond substituents is 2. The Morgan fingerprint density at radius 3 is 2.67 bits per heavy atom. The minimum absolute atomic E-state index is 0.0569. The fourth-order valence-electron chi connectivity index (χ4n) is 3.68. The van der Waals surface area contributed by atoms with E-state index in [1.54, 1.807) is 0 Å². The van der Waals surface area contributed by atoms with Crippen molar-refractivity contribution in [2.24, 2.45) is 0 Å². The van der Waals surface area contributed by atoms with Crippen molar-refractivity contribution < 1.29 is 24.5 Å². The first-order valence-electron chi connectivity index (χ1n) is 8.92. The molecule has 140 valence electrons. The third-order valence-electron chi connectivity index (χ3n) is 4.98. The fourth-order valence-corrected chi connectivity index (χ4v) is 3.68. The average molecular weight is 368 g/mol. The lowest BCUT2D eigenvalue weighted by molar-refractivity contribution is 0.0844. The van der Waals surface area contributed by atoms with Crippen molar-refractivity contribution in [1.29, 1.82) is 0 Å². The van der Waals surface area contributed by atoms with Crippen molar-refractivity contribution in [2.45, 2.75) is 31.4 Å². The van der Waals surface area contributed by atoms with Gasteiger partial charge in [0, 0.05) is 12.6 Å². The van der Waals surface area contributed by atoms with Gasteiger partial charge in [0.1, 0.15) is 28.9 Å². The molecule has 2 aliphatic heterocycles. The molecule has 0 unspecified atom stereocenters. The van der Waals surface area contributed by atoms with Gasteiger partial charge in [-0.25, -0.2) is 4.79 Å². The molecule has 7 heteroatoms. The van der Waals surface area contributed by atoms with E-state index in [9.17, 15) is 19.8 Å². The third-order valence-corrected chi connectivity index (χ3v) is 4.98. The van der Waals surface area contributed by atoms with Crippen LogP contribution in [0.15, 0.2) is 36.4 Å². The van der Waals surface area contributed by atoms with Gasteiger partial charge in [-0.1, -0.05) is 30.3 Å². The molecule has 0 aromatic heterocycles. The molecule has 4 N–H and O–H groups in total. The fraction of sp³-hybridized carbons (Fsp3) is 0.300. The number of amides is 2. The molecule has 4 rings (SSSR count). The summed E-state index contributed by atoms with van der Waals surface area (Å²) in [5, 5.41) is 26.6. The highest BCUT2D eigenvalue weighted by molar-refractivity contribution is 6.03. The number of rotatable bonds is 2. The molecule has 27 heavy (non-hydrogen) atoms. The minimum atomic E-state index is -0.586. The topological polar surface area (TPSA) is 108 Å². The molecule has 1 saturated heterocycles. The number of hydrogen-bond donors (Lipinski definition) is 4. The maximum atomic E-state index is 12.7. The first-order valence-corrected chi connectivity index (χ1v) is 8.92. The molecule has 7 nitrogen and oxygen atoms in total. The quantitative estimate of drug-likeness (QED) is 0.652. The van der Waals surface area contributed by atoms with E-state index in [4.69, 9.17) is 4.74 Å². The summed E-state index contributed by atoms with van der Waals surface area (Å²) in [7, 11) is 0. The van der Waals surface area contributed by atoms with Crippen molar-refractivity contribution in [2.75, 3.05) is 6.54 Å². The Balaban J connectivity index is 1.72. The number of carbonyl (C=O) groups excluding carboxylic acids is 2. The molecule has 2 atom stereocenters. The summed E-state index contributed by atoms with van der Waals surface area (Å²) in [6, 6.07) is 9.72. The minimum Gasteiger partial charge on any atom is -0.507 e. The Labute approximate surface area is 156 Å². The van der Waals surface area contributed by atoms with Crippen LogP contribution in [0, 0.1) is 0 Å². The van der Waals surface area contributed by atoms with Crippen LogP contribution in [0.2, 0.25) is 0 Å². The van der Waals surface area contributed by atoms with Gasteiger partial charge in [-0.2, -0.15) is 0 Å². The van der Waals surface area contributed by atoms with Gasteiger partial charge in [0.2, 0.25) is 0 Å². The summed E-state index contributed by atoms with van der Waals surface area (Å²) in [6.07, 6.45) is 0.825. The van der Waals surface area contributed by atoms with Crippen molar-refractivity contribution in [3.8, 4) is 17.2 Å². The molecule has 2 heterocycles. The molecule has 1 fully saturated rings. The van der Waals surface area contributed by atoms with E-state index in [1.165, 1.54) is 6.07 Å². The van der Waals surface area contributed by atoms with Crippen molar-refractivity contribution in [3.63, 3.8) is 0 Å². The molecule has 2 aromatic carbocycles. The Hall–Kier alpha value is -3.22. The highest BCUT2D eigenvalue weighted by Crippen LogP contribution is 2.47. The molecule has 0 radical (unpaired) electrons. The van der Waals surface area contributed by atoms with Gasteiger partial charge >= 0.3 is 6.03 Å². The second-order valence-corrected chi connectivity index (χ2v) is 6.77. The summed E-state index contributed by atoms with van der Waals surface area (Å²) >= 11 is 0. The maximum absolute atomic E-state index is 12.7. The summed E-state index contributed by atoms with van der Waals surface area (Å²) < 4.78 is 5.90. The lowest BCUT2D eigenvalue weighted by Crippen LogP contribution is -2.35. The van der Waals surface area contributed by atoms with Gasteiger partial charge < -0.3 is 25.6 Å². The van der Waals surface area contributed by atoms with Crippen LogP contribution in [0.5, 0.6) is 17.2 Å². The number of urea groups is 1. The highest BCUT2D eigenvalue weighted by Gasteiger charge is 2.35. The van der Waals surface area contributed by atoms with Crippen molar-refractivity contribution in [1.82, 2.24) is 10.6 Å². The predicted octanol–water partition coefficient (Wildman–Crippen LogP) is 2.94. The normalized spacial score (nSPS) is 22.1. The van der Waals surface area contributed by atoms with Gasteiger partial charge in [0.15, 0.2) is 5.78 Å². The van der Waals surface area contributed by atoms with E-state index < -0.39 is 12.1 Å². The number of hydrogen-bond acceptors (Lipinski definition) is 5. The highest BCUT2D eigenvalue weighted by atomic mass is 16.5. The predicted molar refractivity (Wildman–Crippen MR) is 97.0 cm³/mol. The number of ether oxygens (including phenoxy) is 1. The summed E-state index contributed by atoms with van der Waals surface area (Å²) in [4.78, 5) is 24.5. The van der Waals surface area contributed by atoms with Gasteiger partial charge in [-0.15, -0.1) is 0 Å². The van der Waals surface area contributed by atoms with Gasteiger partial charge in [-0.05, 0) is 18.4 Å². The smallest absolute Gasteiger partial charge is 0.315 e. The number of fused-ring (bicyclic) bond motifs is 1. The summed E-state index contributed by atoms with van der Waals surface area (Å²) in [5.74, 6) is -0.646. The Bertz CT molecular complexity index is 897. The second-order valence-electron chi connectivity index (χ2n) is 6.77. The van der Waals surface area contributed by atoms with Crippen molar-refractivity contribution >= 4 is 11.8 Å². The number of phenols is 2. The van der Waals surface area contributed by atoms with Gasteiger partial charge in [-0.3, -0.25) is 4.79 Å². The van der Waals surface area contributed by atoms with Crippen LogP contribution in [0.3, 0.4) is 0 Å². The molecule has 0 bridgehead atoms. The zero-order valence-corrected chi connectivity index (χ0v) is 14.6. The standard InChI is InChI=1S/C20H20N2O5/c23-13-10-16-18(14(24)9-15(27-16)11-5-2-1-3-6-11)19(25)17(13)12-7-4-8-21-20(26)22-12/h1-3,5-6,10,12,15,23,25H,4,7-9H2,(H2,21,22,26)/t12-,15-/m0/s1. The SMILES string of the molecule is O=C1NCCC[C@@H](c2c(O)cc3c(c2O)C(=O)C[C@@H](c2ccccc2)O3)N1. The lowest BCUT2D eigenvalue weighted by Gasteiger charge is -2.28. The Kier molecular flexibility index (Phi) is 4.35. The molecule has 2 aliphatic rings. The molecule has 2 amide bonds. The second kappa shape index (κ2) is 6.83. The van der Waals surface area contributed by atoms with Gasteiger partial charge in [0.25, 0.3) is 0 Å². The van der Waals surface area contributed by atoms with Crippen LogP contribution in [0.4, 0.5) is 4.79 Å². The first kappa shape index (κ1) is 17.2. The molecule has 0 aliphatic carbocycles. The van der Waals surface area contributed by atoms with E-state index in [2.05, 4.69) is 10.6 Å². The number of nitrogens with one attached hydrogen (secondary N) is 2. The van der Waals surface area contributed by atoms with E-state index >= 15 is 0 Å². The zero-order chi connectivity index (χ0) is 19.0. The van der Waals surface area contributed by atoms with Crippen LogP contribution < -0.4 is 15.4 Å². The Morgan fingerprint density at radius 2 is 1.89 bits per heavy atom. The van der Waals surface area contributed by atoms with Crippen LogP contribution in [0.25, 0.3) is 0 Å². The number of carbonyl (C=O) groups is 2. The van der Waals surface area contributed by atoms with E-state index in [-0.39, 0.29) is 46.6 Å². The van der Waals surface area contributed by atoms with Crippen LogP contribution in [-0.2, 0) is 0 Å². The first-order chi connectivity index (χ1) is 13.0. The monoisotopic (exact) mass is 368 g/mol. The summed E-state index contributed by atoms with van der Waals surface area (Å²) in [5.41, 5.74) is 1.06. The average Bonchev–Trinajstić information content (AvgIpc) is 2.86. The summed E-state index contributed by atoms with van der Waals surface area (Å²) in [6.45, 7) is 0.510. The van der Waals surface area contributed by atoms with E-state index in [1.807, 2.05) is 30.3 Å². The molecular weight excluding hydrogens is 348 g/mol. The maximum Gasteiger partial charge on any atom is 0.315 e. The van der Waals surface area contributed by atoms with Crippen molar-refractivity contribution in [3.05, 3.63) is 53.1 Å².